The number of aryl methyl sites for hydroxylation is 1. The minimum Gasteiger partial charge on any atom is -0.395 e. The van der Waals surface area contributed by atoms with Crippen LogP contribution in [0.1, 0.15) is 19.3 Å². The first-order valence-electron chi connectivity index (χ1n) is 5.21. The molecule has 78 valence electrons. The van der Waals surface area contributed by atoms with Crippen molar-refractivity contribution >= 4 is 0 Å². The molecule has 0 amide bonds. The van der Waals surface area contributed by atoms with Crippen molar-refractivity contribution in [2.75, 3.05) is 6.61 Å². The van der Waals surface area contributed by atoms with E-state index in [9.17, 15) is 0 Å². The zero-order valence-electron chi connectivity index (χ0n) is 8.26. The number of nitrogens with one attached hydrogen (secondary N) is 1. The molecule has 1 saturated carbocycles. The Morgan fingerprint density at radius 1 is 1.57 bits per heavy atom. The highest BCUT2D eigenvalue weighted by Gasteiger charge is 2.23. The molecule has 4 heteroatoms. The van der Waals surface area contributed by atoms with Gasteiger partial charge in [-0.25, -0.2) is 4.98 Å². The van der Waals surface area contributed by atoms with Gasteiger partial charge in [0.2, 0.25) is 0 Å². The maximum atomic E-state index is 9.14. The van der Waals surface area contributed by atoms with Crippen LogP contribution in [0.25, 0.3) is 0 Å². The first-order chi connectivity index (χ1) is 6.88. The van der Waals surface area contributed by atoms with Crippen LogP contribution in [0.15, 0.2) is 18.7 Å². The summed E-state index contributed by atoms with van der Waals surface area (Å²) in [5, 5.41) is 12.6. The van der Waals surface area contributed by atoms with Gasteiger partial charge in [-0.1, -0.05) is 0 Å². The smallest absolute Gasteiger partial charge is 0.0945 e. The lowest BCUT2D eigenvalue weighted by Crippen LogP contribution is -2.35. The van der Waals surface area contributed by atoms with Gasteiger partial charge in [0, 0.05) is 31.0 Å². The Morgan fingerprint density at radius 2 is 2.43 bits per heavy atom. The normalized spacial score (nSPS) is 18.4. The number of hydrogen-bond donors (Lipinski definition) is 2. The molecule has 1 heterocycles. The van der Waals surface area contributed by atoms with Gasteiger partial charge in [-0.2, -0.15) is 0 Å². The largest absolute Gasteiger partial charge is 0.395 e. The van der Waals surface area contributed by atoms with E-state index < -0.39 is 0 Å². The Labute approximate surface area is 84.0 Å². The summed E-state index contributed by atoms with van der Waals surface area (Å²) >= 11 is 0. The summed E-state index contributed by atoms with van der Waals surface area (Å²) in [5.74, 6) is 0. The first-order valence-corrected chi connectivity index (χ1v) is 5.21. The minimum atomic E-state index is 0.227. The number of nitrogens with zero attached hydrogens (tertiary/aromatic N) is 2. The van der Waals surface area contributed by atoms with Gasteiger partial charge in [0.1, 0.15) is 0 Å². The van der Waals surface area contributed by atoms with E-state index in [1.54, 1.807) is 6.20 Å². The molecule has 1 aromatic rings. The van der Waals surface area contributed by atoms with Crippen LogP contribution < -0.4 is 5.32 Å². The standard InChI is InChI=1S/C10H17N3O/c14-7-10(12-9-1-2-9)3-5-13-6-4-11-8-13/h4,6,8-10,12,14H,1-3,5,7H2. The minimum absolute atomic E-state index is 0.227. The van der Waals surface area contributed by atoms with Gasteiger partial charge in [0.05, 0.1) is 12.9 Å². The molecule has 0 saturated heterocycles. The van der Waals surface area contributed by atoms with Crippen LogP contribution >= 0.6 is 0 Å². The highest BCUT2D eigenvalue weighted by atomic mass is 16.3. The van der Waals surface area contributed by atoms with Crippen molar-refractivity contribution in [2.45, 2.75) is 37.9 Å². The lowest BCUT2D eigenvalue weighted by molar-refractivity contribution is 0.230. The summed E-state index contributed by atoms with van der Waals surface area (Å²) in [7, 11) is 0. The predicted molar refractivity (Wildman–Crippen MR) is 53.9 cm³/mol. The summed E-state index contributed by atoms with van der Waals surface area (Å²) in [4.78, 5) is 3.98. The van der Waals surface area contributed by atoms with Gasteiger partial charge >= 0.3 is 0 Å². The van der Waals surface area contributed by atoms with Crippen molar-refractivity contribution in [2.24, 2.45) is 0 Å². The number of aromatic nitrogens is 2. The second-order valence-electron chi connectivity index (χ2n) is 3.91. The van der Waals surface area contributed by atoms with E-state index in [4.69, 9.17) is 5.11 Å². The lowest BCUT2D eigenvalue weighted by atomic mass is 10.2. The van der Waals surface area contributed by atoms with E-state index in [-0.39, 0.29) is 12.6 Å². The molecule has 0 spiro atoms. The van der Waals surface area contributed by atoms with Crippen molar-refractivity contribution in [1.82, 2.24) is 14.9 Å². The van der Waals surface area contributed by atoms with Crippen LogP contribution in [0.3, 0.4) is 0 Å². The van der Waals surface area contributed by atoms with E-state index in [2.05, 4.69) is 10.3 Å². The fraction of sp³-hybridized carbons (Fsp3) is 0.700. The van der Waals surface area contributed by atoms with Crippen LogP contribution in [0, 0.1) is 0 Å². The molecule has 2 N–H and O–H groups in total. The van der Waals surface area contributed by atoms with E-state index in [0.29, 0.717) is 6.04 Å². The van der Waals surface area contributed by atoms with E-state index in [0.717, 1.165) is 13.0 Å². The fourth-order valence-electron chi connectivity index (χ4n) is 1.53. The van der Waals surface area contributed by atoms with E-state index >= 15 is 0 Å². The average molecular weight is 195 g/mol. The zero-order chi connectivity index (χ0) is 9.80. The van der Waals surface area contributed by atoms with Gasteiger partial charge in [-0.05, 0) is 19.3 Å². The second-order valence-corrected chi connectivity index (χ2v) is 3.91. The Bertz CT molecular complexity index is 256. The van der Waals surface area contributed by atoms with Crippen molar-refractivity contribution in [3.8, 4) is 0 Å². The Hall–Kier alpha value is -0.870. The molecule has 1 atom stereocenters. The third-order valence-corrected chi connectivity index (χ3v) is 2.56. The van der Waals surface area contributed by atoms with Crippen LogP contribution in [-0.4, -0.2) is 33.3 Å². The second kappa shape index (κ2) is 4.57. The van der Waals surface area contributed by atoms with Crippen LogP contribution in [0.4, 0.5) is 0 Å². The molecule has 1 aliphatic rings. The SMILES string of the molecule is OCC(CCn1ccnc1)NC1CC1. The zero-order valence-corrected chi connectivity index (χ0v) is 8.26. The molecule has 0 radical (unpaired) electrons. The molecule has 1 aromatic heterocycles. The number of aliphatic hydroxyl groups is 1. The Morgan fingerprint density at radius 3 is 3.00 bits per heavy atom. The topological polar surface area (TPSA) is 50.1 Å². The molecule has 1 fully saturated rings. The van der Waals surface area contributed by atoms with Crippen molar-refractivity contribution in [1.29, 1.82) is 0 Å². The monoisotopic (exact) mass is 195 g/mol. The molecule has 0 bridgehead atoms. The summed E-state index contributed by atoms with van der Waals surface area (Å²) in [5.41, 5.74) is 0. The van der Waals surface area contributed by atoms with Gasteiger partial charge in [-0.3, -0.25) is 0 Å². The molecular weight excluding hydrogens is 178 g/mol. The number of hydrogen-bond acceptors (Lipinski definition) is 3. The molecule has 4 nitrogen and oxygen atoms in total. The molecule has 1 unspecified atom stereocenters. The van der Waals surface area contributed by atoms with Crippen molar-refractivity contribution in [3.63, 3.8) is 0 Å². The van der Waals surface area contributed by atoms with Crippen LogP contribution in [0.2, 0.25) is 0 Å². The highest BCUT2D eigenvalue weighted by Crippen LogP contribution is 2.19. The summed E-state index contributed by atoms with van der Waals surface area (Å²) in [6.45, 7) is 1.15. The predicted octanol–water partition coefficient (Wildman–Crippen LogP) is 0.386. The van der Waals surface area contributed by atoms with Gasteiger partial charge in [0.25, 0.3) is 0 Å². The molecule has 14 heavy (non-hydrogen) atoms. The first kappa shape index (κ1) is 9.68. The van der Waals surface area contributed by atoms with E-state index in [1.165, 1.54) is 12.8 Å². The lowest BCUT2D eigenvalue weighted by Gasteiger charge is -2.15. The summed E-state index contributed by atoms with van der Waals surface area (Å²) < 4.78 is 2.04. The molecule has 2 rings (SSSR count). The molecular formula is C10H17N3O. The Balaban J connectivity index is 1.71. The highest BCUT2D eigenvalue weighted by molar-refractivity contribution is 4.85. The molecule has 0 aromatic carbocycles. The molecule has 0 aliphatic heterocycles. The van der Waals surface area contributed by atoms with Gasteiger partial charge in [0.15, 0.2) is 0 Å². The molecule has 1 aliphatic carbocycles. The average Bonchev–Trinajstić information content (AvgIpc) is 2.86. The number of rotatable bonds is 6. The summed E-state index contributed by atoms with van der Waals surface area (Å²) in [6.07, 6.45) is 9.03. The maximum Gasteiger partial charge on any atom is 0.0945 e. The van der Waals surface area contributed by atoms with Crippen LogP contribution in [-0.2, 0) is 6.54 Å². The fourth-order valence-corrected chi connectivity index (χ4v) is 1.53. The van der Waals surface area contributed by atoms with Crippen molar-refractivity contribution < 1.29 is 5.11 Å². The summed E-state index contributed by atoms with van der Waals surface area (Å²) in [6, 6.07) is 0.903. The maximum absolute atomic E-state index is 9.14. The Kier molecular flexibility index (Phi) is 3.16. The quantitative estimate of drug-likeness (QED) is 0.690. The number of aliphatic hydroxyl groups excluding tert-OH is 1. The van der Waals surface area contributed by atoms with Gasteiger partial charge in [-0.15, -0.1) is 0 Å². The third kappa shape index (κ3) is 2.82. The van der Waals surface area contributed by atoms with E-state index in [1.807, 2.05) is 17.1 Å². The van der Waals surface area contributed by atoms with Crippen LogP contribution in [0.5, 0.6) is 0 Å². The number of imidazole rings is 1. The third-order valence-electron chi connectivity index (χ3n) is 2.56. The van der Waals surface area contributed by atoms with Crippen molar-refractivity contribution in [3.05, 3.63) is 18.7 Å². The van der Waals surface area contributed by atoms with Gasteiger partial charge < -0.3 is 15.0 Å².